The third kappa shape index (κ3) is 23.3. The summed E-state index contributed by atoms with van der Waals surface area (Å²) >= 11 is 0. The highest BCUT2D eigenvalue weighted by atomic mass is 16.8. The summed E-state index contributed by atoms with van der Waals surface area (Å²) in [5.74, 6) is -2.71. The van der Waals surface area contributed by atoms with Gasteiger partial charge in [-0.2, -0.15) is 0 Å². The number of carbonyl (C=O) groups excluding carboxylic acids is 3. The fourth-order valence-electron chi connectivity index (χ4n) is 7.39. The Bertz CT molecular complexity index is 1370. The van der Waals surface area contributed by atoms with E-state index >= 15 is 0 Å². The second-order valence-electron chi connectivity index (χ2n) is 15.9. The summed E-state index contributed by atoms with van der Waals surface area (Å²) in [7, 11) is 0. The summed E-state index contributed by atoms with van der Waals surface area (Å²) in [4.78, 5) is 60.1. The number of hydrogen-bond donors (Lipinski definition) is 0. The van der Waals surface area contributed by atoms with Crippen molar-refractivity contribution < 1.29 is 43.2 Å². The zero-order valence-corrected chi connectivity index (χ0v) is 36.5. The summed E-state index contributed by atoms with van der Waals surface area (Å²) in [6, 6.07) is 11.5. The molecule has 0 aliphatic carbocycles. The Kier molecular flexibility index (Phi) is 28.5. The number of esters is 2. The van der Waals surface area contributed by atoms with Crippen LogP contribution in [0.5, 0.6) is 0 Å². The van der Waals surface area contributed by atoms with Crippen LogP contribution < -0.4 is 0 Å². The lowest BCUT2D eigenvalue weighted by atomic mass is 9.92. The maximum Gasteiger partial charge on any atom is 0.514 e. The zero-order valence-electron chi connectivity index (χ0n) is 36.5. The van der Waals surface area contributed by atoms with Crippen LogP contribution in [0.4, 0.5) is 16.2 Å². The number of benzene rings is 2. The van der Waals surface area contributed by atoms with E-state index in [9.17, 15) is 34.6 Å². The fraction of sp³-hybridized carbons (Fsp3) is 0.681. The van der Waals surface area contributed by atoms with Gasteiger partial charge in [-0.15, -0.1) is 0 Å². The molecular formula is C47H72N2O11. The molecule has 2 rings (SSSR count). The Morgan fingerprint density at radius 2 is 0.700 bits per heavy atom. The summed E-state index contributed by atoms with van der Waals surface area (Å²) in [5, 5.41) is 22.4. The van der Waals surface area contributed by atoms with Crippen LogP contribution in [0, 0.1) is 20.2 Å². The van der Waals surface area contributed by atoms with E-state index in [1.165, 1.54) is 151 Å². The van der Waals surface area contributed by atoms with E-state index in [2.05, 4.69) is 13.8 Å². The fourth-order valence-corrected chi connectivity index (χ4v) is 7.39. The van der Waals surface area contributed by atoms with Gasteiger partial charge in [0, 0.05) is 24.3 Å². The van der Waals surface area contributed by atoms with E-state index in [-0.39, 0.29) is 11.4 Å². The van der Waals surface area contributed by atoms with Crippen molar-refractivity contribution in [3.63, 3.8) is 0 Å². The van der Waals surface area contributed by atoms with Crippen LogP contribution in [0.2, 0.25) is 0 Å². The first-order chi connectivity index (χ1) is 29.2. The van der Waals surface area contributed by atoms with E-state index < -0.39 is 53.4 Å². The topological polar surface area (TPSA) is 174 Å². The Morgan fingerprint density at radius 1 is 0.433 bits per heavy atom. The highest BCUT2D eigenvalue weighted by Crippen LogP contribution is 2.28. The van der Waals surface area contributed by atoms with Gasteiger partial charge in [0.15, 0.2) is 0 Å². The number of non-ortho nitro benzene ring substituents is 2. The predicted octanol–water partition coefficient (Wildman–Crippen LogP) is 13.7. The van der Waals surface area contributed by atoms with E-state index in [1.807, 2.05) is 0 Å². The number of hydrogen-bond acceptors (Lipinski definition) is 11. The molecule has 60 heavy (non-hydrogen) atoms. The summed E-state index contributed by atoms with van der Waals surface area (Å²) in [6.45, 7) is 2.97. The van der Waals surface area contributed by atoms with Gasteiger partial charge < -0.3 is 18.9 Å². The number of ether oxygens (including phenoxy) is 4. The Morgan fingerprint density at radius 3 is 0.967 bits per heavy atom. The van der Waals surface area contributed by atoms with Crippen LogP contribution in [0.25, 0.3) is 0 Å². The van der Waals surface area contributed by atoms with Gasteiger partial charge in [0.1, 0.15) is 0 Å². The Labute approximate surface area is 358 Å². The monoisotopic (exact) mass is 841 g/mol. The molecule has 2 atom stereocenters. The minimum absolute atomic E-state index is 0.0913. The highest BCUT2D eigenvalue weighted by Gasteiger charge is 2.25. The van der Waals surface area contributed by atoms with Crippen molar-refractivity contribution in [2.75, 3.05) is 13.6 Å². The van der Waals surface area contributed by atoms with Crippen LogP contribution in [-0.2, 0) is 28.5 Å². The van der Waals surface area contributed by atoms with Crippen molar-refractivity contribution in [1.82, 2.24) is 0 Å². The third-order valence-corrected chi connectivity index (χ3v) is 11.0. The number of nitro groups is 2. The van der Waals surface area contributed by atoms with Crippen molar-refractivity contribution in [3.05, 3.63) is 79.9 Å². The van der Waals surface area contributed by atoms with E-state index in [0.29, 0.717) is 24.0 Å². The Balaban J connectivity index is 1.80. The quantitative estimate of drug-likeness (QED) is 0.0210. The molecule has 13 nitrogen and oxygen atoms in total. The van der Waals surface area contributed by atoms with Crippen molar-refractivity contribution in [2.45, 2.75) is 193 Å². The lowest BCUT2D eigenvalue weighted by Crippen LogP contribution is -2.22. The zero-order chi connectivity index (χ0) is 43.6. The molecule has 0 aromatic heterocycles. The van der Waals surface area contributed by atoms with Crippen molar-refractivity contribution in [3.8, 4) is 0 Å². The second kappa shape index (κ2) is 33.2. The van der Waals surface area contributed by atoms with E-state index in [0.717, 1.165) is 51.4 Å². The number of nitrogens with zero attached hydrogens (tertiary/aromatic N) is 2. The molecule has 0 saturated carbocycles. The summed E-state index contributed by atoms with van der Waals surface area (Å²) in [6.07, 6.45) is 27.8. The average Bonchev–Trinajstić information content (AvgIpc) is 3.24. The lowest BCUT2D eigenvalue weighted by molar-refractivity contribution is -0.385. The lowest BCUT2D eigenvalue weighted by Gasteiger charge is -2.17. The van der Waals surface area contributed by atoms with Crippen LogP contribution in [0.3, 0.4) is 0 Å². The van der Waals surface area contributed by atoms with Gasteiger partial charge >= 0.3 is 18.1 Å². The van der Waals surface area contributed by atoms with Gasteiger partial charge in [0.25, 0.3) is 11.4 Å². The normalized spacial score (nSPS) is 12.0. The number of rotatable bonds is 36. The highest BCUT2D eigenvalue weighted by molar-refractivity contribution is 5.79. The predicted molar refractivity (Wildman–Crippen MR) is 233 cm³/mol. The molecule has 2 unspecified atom stereocenters. The first-order valence-electron chi connectivity index (χ1n) is 22.8. The smallest absolute Gasteiger partial charge is 0.427 e. The molecule has 0 aliphatic heterocycles. The minimum atomic E-state index is -1.21. The number of unbranched alkanes of at least 4 members (excludes halogenated alkanes) is 22. The minimum Gasteiger partial charge on any atom is -0.427 e. The largest absolute Gasteiger partial charge is 0.514 e. The van der Waals surface area contributed by atoms with Gasteiger partial charge in [0.05, 0.1) is 21.7 Å². The van der Waals surface area contributed by atoms with Gasteiger partial charge in [0.2, 0.25) is 13.6 Å². The molecule has 0 aliphatic rings. The third-order valence-electron chi connectivity index (χ3n) is 11.0. The maximum atomic E-state index is 13.2. The van der Waals surface area contributed by atoms with Gasteiger partial charge in [-0.05, 0) is 24.0 Å². The molecular weight excluding hydrogens is 769 g/mol. The molecule has 2 aromatic rings. The van der Waals surface area contributed by atoms with Crippen LogP contribution in [0.15, 0.2) is 48.5 Å². The first-order valence-corrected chi connectivity index (χ1v) is 22.8. The van der Waals surface area contributed by atoms with E-state index in [1.54, 1.807) is 0 Å². The van der Waals surface area contributed by atoms with Gasteiger partial charge in [-0.1, -0.05) is 192 Å². The molecule has 0 amide bonds. The average molecular weight is 841 g/mol. The SMILES string of the molecule is CCCCCCCCCCCCCCC(C(=O)OCOC(=O)OCOC(=O)C(CCCCCCCCCCCCCC)c1ccc([N+](=O)[O-])cc1)c1ccc([N+](=O)[O-])cc1. The molecule has 13 heteroatoms. The molecule has 0 bridgehead atoms. The molecule has 336 valence electrons. The first kappa shape index (κ1) is 51.6. The standard InChI is InChI=1S/C47H72N2O11/c1-3-5-7-9-11-13-15-17-19-21-23-25-27-43(39-29-33-41(34-30-39)48(53)54)45(50)57-37-59-47(52)60-38-58-46(51)44(40-31-35-42(36-32-40)49(55)56)28-26-24-22-20-18-16-14-12-10-8-6-4-2/h29-36,43-44H,3-28,37-38H2,1-2H3. The van der Waals surface area contributed by atoms with Crippen LogP contribution in [-0.4, -0.2) is 41.5 Å². The van der Waals surface area contributed by atoms with Gasteiger partial charge in [-0.25, -0.2) is 4.79 Å². The molecule has 0 spiro atoms. The summed E-state index contributed by atoms with van der Waals surface area (Å²) in [5.41, 5.74) is 0.946. The van der Waals surface area contributed by atoms with E-state index in [4.69, 9.17) is 18.9 Å². The maximum absolute atomic E-state index is 13.2. The number of nitro benzene ring substituents is 2. The molecule has 2 aromatic carbocycles. The molecule has 0 fully saturated rings. The number of carbonyl (C=O) groups is 3. The second-order valence-corrected chi connectivity index (χ2v) is 15.9. The molecule has 0 heterocycles. The van der Waals surface area contributed by atoms with Crippen molar-refractivity contribution in [2.24, 2.45) is 0 Å². The Hall–Kier alpha value is -4.55. The van der Waals surface area contributed by atoms with Crippen LogP contribution in [0.1, 0.15) is 204 Å². The summed E-state index contributed by atoms with van der Waals surface area (Å²) < 4.78 is 20.4. The van der Waals surface area contributed by atoms with Gasteiger partial charge in [-0.3, -0.25) is 29.8 Å². The van der Waals surface area contributed by atoms with Crippen molar-refractivity contribution >= 4 is 29.5 Å². The molecule has 0 radical (unpaired) electrons. The van der Waals surface area contributed by atoms with Crippen molar-refractivity contribution in [1.29, 1.82) is 0 Å². The molecule has 0 saturated heterocycles. The molecule has 0 N–H and O–H groups in total. The van der Waals surface area contributed by atoms with Crippen LogP contribution >= 0.6 is 0 Å².